The van der Waals surface area contributed by atoms with Crippen LogP contribution in [0.1, 0.15) is 37.3 Å². The molecule has 1 aromatic heterocycles. The van der Waals surface area contributed by atoms with Gasteiger partial charge in [0, 0.05) is 11.8 Å². The van der Waals surface area contributed by atoms with Crippen LogP contribution in [0.3, 0.4) is 0 Å². The number of halogens is 1. The van der Waals surface area contributed by atoms with E-state index in [4.69, 9.17) is 0 Å². The Morgan fingerprint density at radius 3 is 2.75 bits per heavy atom. The van der Waals surface area contributed by atoms with Gasteiger partial charge < -0.3 is 5.11 Å². The van der Waals surface area contributed by atoms with Crippen molar-refractivity contribution in [2.75, 3.05) is 0 Å². The number of benzene rings is 1. The number of unbranched alkanes of at least 4 members (excludes halogenated alkanes) is 1. The van der Waals surface area contributed by atoms with Gasteiger partial charge in [0.05, 0.1) is 11.8 Å². The monoisotopic (exact) mass is 325 g/mol. The van der Waals surface area contributed by atoms with Crippen molar-refractivity contribution in [3.05, 3.63) is 72.2 Å². The van der Waals surface area contributed by atoms with E-state index in [-0.39, 0.29) is 11.9 Å². The molecule has 0 saturated carbocycles. The molecule has 3 heteroatoms. The largest absolute Gasteiger partial charge is 0.393 e. The van der Waals surface area contributed by atoms with Crippen LogP contribution < -0.4 is 0 Å². The number of aliphatic hydroxyl groups excluding tert-OH is 1. The van der Waals surface area contributed by atoms with Gasteiger partial charge in [-0.05, 0) is 61.9 Å². The Hall–Kier alpha value is -2.26. The molecule has 1 N–H and O–H groups in total. The topological polar surface area (TPSA) is 33.1 Å². The number of hydrogen-bond acceptors (Lipinski definition) is 2. The number of allylic oxidation sites excluding steroid dienone is 2. The molecule has 0 saturated heterocycles. The van der Waals surface area contributed by atoms with Crippen LogP contribution in [0.2, 0.25) is 0 Å². The van der Waals surface area contributed by atoms with Gasteiger partial charge in [-0.2, -0.15) is 0 Å². The summed E-state index contributed by atoms with van der Waals surface area (Å²) in [5.74, 6) is -0.261. The third kappa shape index (κ3) is 5.43. The fourth-order valence-corrected chi connectivity index (χ4v) is 2.47. The highest BCUT2D eigenvalue weighted by Crippen LogP contribution is 2.22. The van der Waals surface area contributed by atoms with E-state index in [2.05, 4.69) is 17.6 Å². The lowest BCUT2D eigenvalue weighted by molar-refractivity contribution is 0.182. The first kappa shape index (κ1) is 18.1. The lowest BCUT2D eigenvalue weighted by Crippen LogP contribution is -1.97. The molecule has 0 bridgehead atoms. The fraction of sp³-hybridized carbons (Fsp3) is 0.286. The minimum absolute atomic E-state index is 0.243. The van der Waals surface area contributed by atoms with Gasteiger partial charge in [-0.15, -0.1) is 6.58 Å². The summed E-state index contributed by atoms with van der Waals surface area (Å²) in [6.07, 6.45) is 10.7. The molecule has 2 rings (SSSR count). The van der Waals surface area contributed by atoms with Gasteiger partial charge in [0.25, 0.3) is 0 Å². The predicted octanol–water partition coefficient (Wildman–Crippen LogP) is 5.18. The third-order valence-electron chi connectivity index (χ3n) is 3.78. The molecule has 126 valence electrons. The van der Waals surface area contributed by atoms with E-state index in [1.165, 1.54) is 6.07 Å². The van der Waals surface area contributed by atoms with Gasteiger partial charge in [0.1, 0.15) is 5.82 Å². The molecule has 0 aliphatic heterocycles. The van der Waals surface area contributed by atoms with Gasteiger partial charge in [0.2, 0.25) is 0 Å². The zero-order valence-electron chi connectivity index (χ0n) is 14.1. The normalized spacial score (nSPS) is 12.5. The van der Waals surface area contributed by atoms with E-state index >= 15 is 0 Å². The highest BCUT2D eigenvalue weighted by atomic mass is 19.1. The maximum absolute atomic E-state index is 14.2. The van der Waals surface area contributed by atoms with Crippen LogP contribution >= 0.6 is 0 Å². The van der Waals surface area contributed by atoms with Crippen LogP contribution in [0.25, 0.3) is 17.3 Å². The van der Waals surface area contributed by atoms with Gasteiger partial charge in [-0.25, -0.2) is 4.39 Å². The van der Waals surface area contributed by atoms with E-state index < -0.39 is 0 Å². The van der Waals surface area contributed by atoms with Crippen molar-refractivity contribution >= 4 is 6.08 Å². The van der Waals surface area contributed by atoms with Crippen molar-refractivity contribution in [2.24, 2.45) is 0 Å². The molecule has 1 aromatic carbocycles. The van der Waals surface area contributed by atoms with Crippen molar-refractivity contribution in [2.45, 2.75) is 38.7 Å². The number of pyridine rings is 1. The molecule has 0 spiro atoms. The van der Waals surface area contributed by atoms with Gasteiger partial charge >= 0.3 is 0 Å². The Kier molecular flexibility index (Phi) is 6.89. The second kappa shape index (κ2) is 9.14. The SMILES string of the molecule is C=CCc1ccc(-c2ccc(/C=C/CCCC(C)O)cn2)c(F)c1. The Morgan fingerprint density at radius 2 is 2.12 bits per heavy atom. The van der Waals surface area contributed by atoms with Crippen LogP contribution in [0.4, 0.5) is 4.39 Å². The minimum Gasteiger partial charge on any atom is -0.393 e. The van der Waals surface area contributed by atoms with Crippen molar-refractivity contribution < 1.29 is 9.50 Å². The van der Waals surface area contributed by atoms with Crippen molar-refractivity contribution in [3.8, 4) is 11.3 Å². The molecule has 24 heavy (non-hydrogen) atoms. The quantitative estimate of drug-likeness (QED) is 0.536. The van der Waals surface area contributed by atoms with Crippen LogP contribution in [0.15, 0.2) is 55.3 Å². The first-order valence-corrected chi connectivity index (χ1v) is 8.30. The summed E-state index contributed by atoms with van der Waals surface area (Å²) in [7, 11) is 0. The molecule has 0 aliphatic rings. The molecule has 0 amide bonds. The molecule has 2 aromatic rings. The van der Waals surface area contributed by atoms with Crippen molar-refractivity contribution in [1.82, 2.24) is 4.98 Å². The highest BCUT2D eigenvalue weighted by Gasteiger charge is 2.07. The number of rotatable bonds is 8. The first-order chi connectivity index (χ1) is 11.6. The molecule has 0 radical (unpaired) electrons. The summed E-state index contributed by atoms with van der Waals surface area (Å²) in [5.41, 5.74) is 3.03. The fourth-order valence-electron chi connectivity index (χ4n) is 2.47. The molecule has 2 nitrogen and oxygen atoms in total. The van der Waals surface area contributed by atoms with Crippen LogP contribution in [-0.2, 0) is 6.42 Å². The standard InChI is InChI=1S/C21H24FNO/c1-3-7-17-10-12-19(20(22)14-17)21-13-11-18(15-23-21)9-6-4-5-8-16(2)24/h3,6,9-16,24H,1,4-5,7-8H2,2H3/b9-6+. The number of nitrogens with zero attached hydrogens (tertiary/aromatic N) is 1. The number of aliphatic hydroxyl groups is 1. The molecule has 0 fully saturated rings. The summed E-state index contributed by atoms with van der Waals surface area (Å²) in [6, 6.07) is 8.97. The second-order valence-electron chi connectivity index (χ2n) is 5.97. The maximum atomic E-state index is 14.2. The Morgan fingerprint density at radius 1 is 1.29 bits per heavy atom. The van der Waals surface area contributed by atoms with E-state index in [9.17, 15) is 9.50 Å². The summed E-state index contributed by atoms with van der Waals surface area (Å²) in [4.78, 5) is 4.36. The Labute approximate surface area is 143 Å². The van der Waals surface area contributed by atoms with Crippen molar-refractivity contribution in [3.63, 3.8) is 0 Å². The lowest BCUT2D eigenvalue weighted by atomic mass is 10.0. The van der Waals surface area contributed by atoms with Crippen LogP contribution in [0.5, 0.6) is 0 Å². The Balaban J connectivity index is 2.01. The molecular formula is C21H24FNO. The summed E-state index contributed by atoms with van der Waals surface area (Å²) < 4.78 is 14.2. The molecule has 1 heterocycles. The Bertz CT molecular complexity index is 689. The average molecular weight is 325 g/mol. The predicted molar refractivity (Wildman–Crippen MR) is 98.1 cm³/mol. The summed E-state index contributed by atoms with van der Waals surface area (Å²) >= 11 is 0. The molecule has 1 unspecified atom stereocenters. The van der Waals surface area contributed by atoms with Crippen molar-refractivity contribution in [1.29, 1.82) is 0 Å². The van der Waals surface area contributed by atoms with Gasteiger partial charge in [0.15, 0.2) is 0 Å². The summed E-state index contributed by atoms with van der Waals surface area (Å²) in [6.45, 7) is 5.47. The first-order valence-electron chi connectivity index (χ1n) is 8.30. The van der Waals surface area contributed by atoms with Gasteiger partial charge in [-0.3, -0.25) is 4.98 Å². The highest BCUT2D eigenvalue weighted by molar-refractivity contribution is 5.62. The minimum atomic E-state index is -0.261. The van der Waals surface area contributed by atoms with Crippen LogP contribution in [-0.4, -0.2) is 16.2 Å². The zero-order chi connectivity index (χ0) is 17.4. The molecular weight excluding hydrogens is 301 g/mol. The third-order valence-corrected chi connectivity index (χ3v) is 3.78. The molecule has 0 aliphatic carbocycles. The smallest absolute Gasteiger partial charge is 0.132 e. The molecule has 1 atom stereocenters. The summed E-state index contributed by atoms with van der Waals surface area (Å²) in [5, 5.41) is 9.21. The maximum Gasteiger partial charge on any atom is 0.132 e. The zero-order valence-corrected chi connectivity index (χ0v) is 14.1. The van der Waals surface area contributed by atoms with E-state index in [0.29, 0.717) is 17.7 Å². The van der Waals surface area contributed by atoms with E-state index in [0.717, 1.165) is 30.4 Å². The number of hydrogen-bond donors (Lipinski definition) is 1. The lowest BCUT2D eigenvalue weighted by Gasteiger charge is -2.05. The van der Waals surface area contributed by atoms with Crippen LogP contribution in [0, 0.1) is 5.82 Å². The van der Waals surface area contributed by atoms with E-state index in [1.807, 2.05) is 24.3 Å². The van der Waals surface area contributed by atoms with E-state index in [1.54, 1.807) is 25.3 Å². The van der Waals surface area contributed by atoms with Gasteiger partial charge in [-0.1, -0.05) is 30.4 Å². The second-order valence-corrected chi connectivity index (χ2v) is 5.97. The number of aromatic nitrogens is 1. The average Bonchev–Trinajstić information content (AvgIpc) is 2.55.